The van der Waals surface area contributed by atoms with Crippen molar-refractivity contribution in [3.8, 4) is 0 Å². The maximum absolute atomic E-state index is 5.67. The highest BCUT2D eigenvalue weighted by Gasteiger charge is 2.17. The molecule has 48 valence electrons. The molecule has 0 radical (unpaired) electrons. The minimum atomic E-state index is -0.845. The van der Waals surface area contributed by atoms with E-state index in [2.05, 4.69) is 0 Å². The van der Waals surface area contributed by atoms with Crippen molar-refractivity contribution >= 4 is 40.3 Å². The molecule has 1 aliphatic rings. The summed E-state index contributed by atoms with van der Waals surface area (Å²) in [5.41, 5.74) is 0. The number of hydrogen-bond acceptors (Lipinski definition) is 1. The number of allylic oxidation sites excluding steroid dienone is 4. The lowest BCUT2D eigenvalue weighted by Gasteiger charge is -2.11. The van der Waals surface area contributed by atoms with Gasteiger partial charge in [0.15, 0.2) is 4.33 Å². The van der Waals surface area contributed by atoms with E-state index in [4.69, 9.17) is 35.4 Å². The van der Waals surface area contributed by atoms with Crippen LogP contribution in [0.25, 0.3) is 0 Å². The minimum absolute atomic E-state index is 0.756. The first-order chi connectivity index (χ1) is 4.10. The lowest BCUT2D eigenvalue weighted by atomic mass is 10.2. The van der Waals surface area contributed by atoms with Gasteiger partial charge in [0.1, 0.15) is 0 Å². The van der Waals surface area contributed by atoms with Crippen LogP contribution in [0.15, 0.2) is 24.3 Å². The summed E-state index contributed by atoms with van der Waals surface area (Å²) in [6, 6.07) is 0. The van der Waals surface area contributed by atoms with Crippen LogP contribution in [0.2, 0.25) is 0 Å². The smallest absolute Gasteiger partial charge is 0.0922 e. The summed E-state index contributed by atoms with van der Waals surface area (Å²) in [7, 11) is 0. The van der Waals surface area contributed by atoms with Gasteiger partial charge in [-0.3, -0.25) is 0 Å². The van der Waals surface area contributed by atoms with Gasteiger partial charge in [0.05, 0.1) is 0 Å². The molecule has 0 aromatic heterocycles. The van der Waals surface area contributed by atoms with Crippen molar-refractivity contribution in [2.45, 2.75) is 4.33 Å². The van der Waals surface area contributed by atoms with Crippen molar-refractivity contribution in [3.63, 3.8) is 0 Å². The van der Waals surface area contributed by atoms with E-state index in [-0.39, 0.29) is 0 Å². The zero-order valence-corrected chi connectivity index (χ0v) is 6.80. The molecule has 1 rings (SSSR count). The molecule has 0 aliphatic heterocycles. The van der Waals surface area contributed by atoms with Crippen molar-refractivity contribution < 1.29 is 0 Å². The molecule has 0 saturated heterocycles. The quantitative estimate of drug-likeness (QED) is 0.407. The predicted octanol–water partition coefficient (Wildman–Crippen LogP) is 2.66. The zero-order valence-electron chi connectivity index (χ0n) is 4.47. The molecule has 0 atom stereocenters. The van der Waals surface area contributed by atoms with E-state index in [9.17, 15) is 0 Å². The molecular formula is C6H4Cl2S. The van der Waals surface area contributed by atoms with Gasteiger partial charge in [0, 0.05) is 4.86 Å². The molecule has 0 N–H and O–H groups in total. The lowest BCUT2D eigenvalue weighted by molar-refractivity contribution is 1.27. The van der Waals surface area contributed by atoms with Crippen LogP contribution in [0, 0.1) is 0 Å². The van der Waals surface area contributed by atoms with Gasteiger partial charge in [-0.2, -0.15) is 0 Å². The SMILES string of the molecule is S=C1C=CC(Cl)(Cl)C=C1. The van der Waals surface area contributed by atoms with E-state index in [1.54, 1.807) is 24.3 Å². The van der Waals surface area contributed by atoms with E-state index in [0.717, 1.165) is 4.86 Å². The first-order valence-electron chi connectivity index (χ1n) is 2.40. The summed E-state index contributed by atoms with van der Waals surface area (Å²) in [5.74, 6) is 0. The Labute approximate surface area is 69.1 Å². The Hall–Kier alpha value is 0.150. The molecule has 3 heteroatoms. The normalized spacial score (nSPS) is 22.7. The van der Waals surface area contributed by atoms with Gasteiger partial charge in [-0.1, -0.05) is 35.4 Å². The molecule has 0 bridgehead atoms. The fraction of sp³-hybridized carbons (Fsp3) is 0.167. The highest BCUT2D eigenvalue weighted by molar-refractivity contribution is 7.81. The molecule has 0 amide bonds. The number of rotatable bonds is 0. The molecule has 1 aliphatic carbocycles. The Morgan fingerprint density at radius 3 is 2.00 bits per heavy atom. The molecule has 9 heavy (non-hydrogen) atoms. The molecule has 0 nitrogen and oxygen atoms in total. The third kappa shape index (κ3) is 2.09. The molecule has 0 unspecified atom stereocenters. The van der Waals surface area contributed by atoms with Crippen LogP contribution in [0.5, 0.6) is 0 Å². The van der Waals surface area contributed by atoms with Gasteiger partial charge in [-0.15, -0.1) is 0 Å². The van der Waals surface area contributed by atoms with Crippen LogP contribution >= 0.6 is 35.4 Å². The van der Waals surface area contributed by atoms with Crippen molar-refractivity contribution in [2.24, 2.45) is 0 Å². The van der Waals surface area contributed by atoms with Gasteiger partial charge in [0.25, 0.3) is 0 Å². The third-order valence-electron chi connectivity index (χ3n) is 0.940. The molecule has 0 aromatic carbocycles. The number of halogens is 2. The molecule has 0 saturated carbocycles. The van der Waals surface area contributed by atoms with Crippen LogP contribution in [0.3, 0.4) is 0 Å². The van der Waals surface area contributed by atoms with Gasteiger partial charge < -0.3 is 0 Å². The molecule has 0 aromatic rings. The Morgan fingerprint density at radius 2 is 1.67 bits per heavy atom. The zero-order chi connectivity index (χ0) is 6.91. The fourth-order valence-corrected chi connectivity index (χ4v) is 0.886. The van der Waals surface area contributed by atoms with Crippen LogP contribution in [0.4, 0.5) is 0 Å². The minimum Gasteiger partial charge on any atom is -0.0922 e. The Morgan fingerprint density at radius 1 is 1.22 bits per heavy atom. The van der Waals surface area contributed by atoms with Gasteiger partial charge in [-0.05, 0) is 24.3 Å². The van der Waals surface area contributed by atoms with Gasteiger partial charge >= 0.3 is 0 Å². The van der Waals surface area contributed by atoms with Crippen LogP contribution in [0.1, 0.15) is 0 Å². The summed E-state index contributed by atoms with van der Waals surface area (Å²) in [6.07, 6.45) is 6.74. The monoisotopic (exact) mass is 178 g/mol. The van der Waals surface area contributed by atoms with E-state index in [1.165, 1.54) is 0 Å². The van der Waals surface area contributed by atoms with E-state index in [0.29, 0.717) is 0 Å². The molecule has 0 fully saturated rings. The van der Waals surface area contributed by atoms with Crippen molar-refractivity contribution in [2.75, 3.05) is 0 Å². The van der Waals surface area contributed by atoms with Crippen molar-refractivity contribution in [1.29, 1.82) is 0 Å². The third-order valence-corrected chi connectivity index (χ3v) is 1.72. The second-order valence-corrected chi connectivity index (χ2v) is 3.66. The lowest BCUT2D eigenvalue weighted by Crippen LogP contribution is -2.08. The number of alkyl halides is 2. The van der Waals surface area contributed by atoms with Crippen LogP contribution in [-0.2, 0) is 0 Å². The maximum atomic E-state index is 5.67. The maximum Gasteiger partial charge on any atom is 0.155 e. The topological polar surface area (TPSA) is 0 Å². The Kier molecular flexibility index (Phi) is 1.94. The summed E-state index contributed by atoms with van der Waals surface area (Å²) in [5, 5.41) is 0. The first kappa shape index (κ1) is 7.26. The number of hydrogen-bond donors (Lipinski definition) is 0. The highest BCUT2D eigenvalue weighted by Crippen LogP contribution is 2.26. The van der Waals surface area contributed by atoms with E-state index >= 15 is 0 Å². The molecule has 0 heterocycles. The highest BCUT2D eigenvalue weighted by atomic mass is 35.5. The second kappa shape index (κ2) is 2.41. The summed E-state index contributed by atoms with van der Waals surface area (Å²) >= 11 is 16.2. The van der Waals surface area contributed by atoms with Crippen LogP contribution in [-0.4, -0.2) is 9.20 Å². The van der Waals surface area contributed by atoms with E-state index in [1.807, 2.05) is 0 Å². The largest absolute Gasteiger partial charge is 0.155 e. The van der Waals surface area contributed by atoms with Crippen LogP contribution < -0.4 is 0 Å². The predicted molar refractivity (Wildman–Crippen MR) is 45.3 cm³/mol. The van der Waals surface area contributed by atoms with Gasteiger partial charge in [-0.25, -0.2) is 0 Å². The summed E-state index contributed by atoms with van der Waals surface area (Å²) in [6.45, 7) is 0. The summed E-state index contributed by atoms with van der Waals surface area (Å²) < 4.78 is -0.845. The Balaban J connectivity index is 2.82. The first-order valence-corrected chi connectivity index (χ1v) is 3.57. The van der Waals surface area contributed by atoms with Crippen molar-refractivity contribution in [1.82, 2.24) is 0 Å². The number of thiocarbonyl (C=S) groups is 1. The standard InChI is InChI=1S/C6H4Cl2S/c7-6(8)3-1-5(9)2-4-6/h1-4H. The van der Waals surface area contributed by atoms with Gasteiger partial charge in [0.2, 0.25) is 0 Å². The van der Waals surface area contributed by atoms with Crippen molar-refractivity contribution in [3.05, 3.63) is 24.3 Å². The average Bonchev–Trinajstić information content (AvgIpc) is 1.78. The second-order valence-electron chi connectivity index (χ2n) is 1.74. The molecular weight excluding hydrogens is 175 g/mol. The van der Waals surface area contributed by atoms with E-state index < -0.39 is 4.33 Å². The Bertz CT molecular complexity index is 173. The molecule has 0 spiro atoms. The fourth-order valence-electron chi connectivity index (χ4n) is 0.498. The summed E-state index contributed by atoms with van der Waals surface area (Å²) in [4.78, 5) is 0.756. The average molecular weight is 179 g/mol.